The molecule has 0 aliphatic carbocycles. The topological polar surface area (TPSA) is 128 Å². The lowest BCUT2D eigenvalue weighted by molar-refractivity contribution is -0.122. The molecule has 4 N–H and O–H groups in total. The highest BCUT2D eigenvalue weighted by Gasteiger charge is 2.16. The predicted octanol–water partition coefficient (Wildman–Crippen LogP) is 1.46. The summed E-state index contributed by atoms with van der Waals surface area (Å²) in [6.45, 7) is 3.05. The van der Waals surface area contributed by atoms with Crippen LogP contribution in [0.25, 0.3) is 11.4 Å². The van der Waals surface area contributed by atoms with Crippen LogP contribution in [0.15, 0.2) is 36.5 Å². The van der Waals surface area contributed by atoms with Gasteiger partial charge in [-0.3, -0.25) is 9.59 Å². The van der Waals surface area contributed by atoms with Gasteiger partial charge in [0.15, 0.2) is 5.82 Å². The molecule has 30 heavy (non-hydrogen) atoms. The lowest BCUT2D eigenvalue weighted by atomic mass is 10.1. The van der Waals surface area contributed by atoms with Crippen LogP contribution in [0, 0.1) is 0 Å². The number of anilines is 1. The number of hydrogen-bond donors (Lipinski definition) is 4. The minimum Gasteiger partial charge on any atom is -0.483 e. The van der Waals surface area contributed by atoms with E-state index in [-0.39, 0.29) is 18.5 Å². The highest BCUT2D eigenvalue weighted by atomic mass is 16.3. The molecule has 1 aromatic carbocycles. The number of carbonyl (C=O) groups excluding carboxylic acids is 1. The van der Waals surface area contributed by atoms with E-state index in [1.165, 1.54) is 0 Å². The third kappa shape index (κ3) is 7.41. The zero-order valence-corrected chi connectivity index (χ0v) is 17.1. The van der Waals surface area contributed by atoms with Gasteiger partial charge in [-0.05, 0) is 50.6 Å². The maximum atomic E-state index is 12.3. The summed E-state index contributed by atoms with van der Waals surface area (Å²) in [4.78, 5) is 31.6. The molecule has 9 nitrogen and oxygen atoms in total. The number of aromatic nitrogens is 2. The summed E-state index contributed by atoms with van der Waals surface area (Å²) in [5.41, 5.74) is 1.49. The van der Waals surface area contributed by atoms with Crippen molar-refractivity contribution in [2.45, 2.75) is 25.4 Å². The number of hydrogen-bond acceptors (Lipinski definition) is 7. The second-order valence-electron chi connectivity index (χ2n) is 6.90. The Morgan fingerprint density at radius 2 is 2.03 bits per heavy atom. The number of nitrogens with zero attached hydrogens (tertiary/aromatic N) is 3. The number of piperidine rings is 1. The largest absolute Gasteiger partial charge is 0.483 e. The first-order valence-corrected chi connectivity index (χ1v) is 9.95. The molecule has 162 valence electrons. The van der Waals surface area contributed by atoms with E-state index in [4.69, 9.17) is 9.90 Å². The van der Waals surface area contributed by atoms with E-state index < -0.39 is 0 Å². The Morgan fingerprint density at radius 3 is 2.70 bits per heavy atom. The van der Waals surface area contributed by atoms with E-state index in [1.807, 2.05) is 19.2 Å². The molecule has 1 fully saturated rings. The average molecular weight is 415 g/mol. The molecule has 1 aliphatic heterocycles. The second-order valence-corrected chi connectivity index (χ2v) is 6.90. The Labute approximate surface area is 176 Å². The fourth-order valence-corrected chi connectivity index (χ4v) is 3.25. The summed E-state index contributed by atoms with van der Waals surface area (Å²) in [5, 5.41) is 22.5. The van der Waals surface area contributed by atoms with E-state index in [2.05, 4.69) is 25.5 Å². The van der Waals surface area contributed by atoms with Gasteiger partial charge >= 0.3 is 0 Å². The first kappa shape index (κ1) is 23.2. The van der Waals surface area contributed by atoms with Crippen LogP contribution in [0.2, 0.25) is 0 Å². The van der Waals surface area contributed by atoms with E-state index in [1.54, 1.807) is 24.4 Å². The molecule has 1 amide bonds. The van der Waals surface area contributed by atoms with E-state index in [9.17, 15) is 9.90 Å². The quantitative estimate of drug-likeness (QED) is 0.395. The highest BCUT2D eigenvalue weighted by molar-refractivity contribution is 5.94. The van der Waals surface area contributed by atoms with Crippen molar-refractivity contribution in [3.05, 3.63) is 42.1 Å². The van der Waals surface area contributed by atoms with Gasteiger partial charge in [0.25, 0.3) is 12.4 Å². The van der Waals surface area contributed by atoms with Gasteiger partial charge in [-0.2, -0.15) is 0 Å². The third-order valence-electron chi connectivity index (χ3n) is 4.73. The molecular weight excluding hydrogens is 386 g/mol. The lowest BCUT2D eigenvalue weighted by Gasteiger charge is -2.29. The first-order chi connectivity index (χ1) is 14.6. The Morgan fingerprint density at radius 1 is 1.30 bits per heavy atom. The Hall–Kier alpha value is -3.04. The lowest BCUT2D eigenvalue weighted by Crippen LogP contribution is -2.39. The number of aliphatic hydroxyl groups excluding tert-OH is 1. The first-order valence-electron chi connectivity index (χ1n) is 9.95. The van der Waals surface area contributed by atoms with Gasteiger partial charge in [0.1, 0.15) is 5.82 Å². The molecule has 0 spiro atoms. The number of carbonyl (C=O) groups is 2. The summed E-state index contributed by atoms with van der Waals surface area (Å²) < 4.78 is 0. The zero-order chi connectivity index (χ0) is 21.8. The van der Waals surface area contributed by atoms with Gasteiger partial charge in [-0.25, -0.2) is 9.97 Å². The van der Waals surface area contributed by atoms with Crippen molar-refractivity contribution >= 4 is 18.2 Å². The van der Waals surface area contributed by atoms with Crippen molar-refractivity contribution in [2.24, 2.45) is 0 Å². The number of carboxylic acid groups (broad SMARTS) is 1. The van der Waals surface area contributed by atoms with Crippen molar-refractivity contribution in [1.29, 1.82) is 0 Å². The molecule has 1 aliphatic rings. The molecule has 1 aromatic heterocycles. The van der Waals surface area contributed by atoms with E-state index in [0.29, 0.717) is 17.9 Å². The fraction of sp³-hybridized carbons (Fsp3) is 0.429. The van der Waals surface area contributed by atoms with Gasteiger partial charge < -0.3 is 25.7 Å². The number of amides is 1. The van der Waals surface area contributed by atoms with Gasteiger partial charge in [0.05, 0.1) is 6.10 Å². The molecule has 2 aromatic rings. The van der Waals surface area contributed by atoms with Crippen LogP contribution in [-0.4, -0.2) is 76.8 Å². The number of nitrogens with one attached hydrogen (secondary N) is 2. The predicted molar refractivity (Wildman–Crippen MR) is 114 cm³/mol. The number of benzene rings is 1. The molecule has 0 bridgehead atoms. The molecule has 1 atom stereocenters. The van der Waals surface area contributed by atoms with Gasteiger partial charge in [0, 0.05) is 37.5 Å². The molecular formula is C21H29N5O4. The van der Waals surface area contributed by atoms with Crippen LogP contribution in [0.5, 0.6) is 0 Å². The highest BCUT2D eigenvalue weighted by Crippen LogP contribution is 2.17. The molecule has 0 radical (unpaired) electrons. The SMILES string of the molecule is CNc1ccnc(-c2ccc(C(=O)NCCCN3CCCC(O)C3)cc2)n1.O=CO. The Balaban J connectivity index is 0.00000101. The van der Waals surface area contributed by atoms with Gasteiger partial charge in [-0.15, -0.1) is 0 Å². The molecule has 0 saturated carbocycles. The summed E-state index contributed by atoms with van der Waals surface area (Å²) in [7, 11) is 1.81. The Bertz CT molecular complexity index is 800. The number of rotatable bonds is 7. The third-order valence-corrected chi connectivity index (χ3v) is 4.73. The minimum absolute atomic E-state index is 0.0786. The van der Waals surface area contributed by atoms with Crippen molar-refractivity contribution < 1.29 is 19.8 Å². The number of β-amino-alcohol motifs (C(OH)–C–C–N with tert-alkyl or cyclic N) is 1. The van der Waals surface area contributed by atoms with E-state index in [0.717, 1.165) is 50.3 Å². The van der Waals surface area contributed by atoms with Crippen LogP contribution in [0.1, 0.15) is 29.6 Å². The molecule has 9 heteroatoms. The van der Waals surface area contributed by atoms with Crippen LogP contribution < -0.4 is 10.6 Å². The zero-order valence-electron chi connectivity index (χ0n) is 17.1. The van der Waals surface area contributed by atoms with E-state index >= 15 is 0 Å². The standard InChI is InChI=1S/C20H27N5O2.CH2O2/c1-21-18-9-11-22-19(24-18)15-5-7-16(8-6-15)20(27)23-10-3-13-25-12-2-4-17(26)14-25;2-1-3/h5-9,11,17,26H,2-4,10,12-14H2,1H3,(H,23,27)(H,21,22,24);1H,(H,2,3). The summed E-state index contributed by atoms with van der Waals surface area (Å²) >= 11 is 0. The summed E-state index contributed by atoms with van der Waals surface area (Å²) in [6.07, 6.45) is 4.32. The van der Waals surface area contributed by atoms with Crippen LogP contribution >= 0.6 is 0 Å². The second kappa shape index (κ2) is 12.5. The molecule has 2 heterocycles. The van der Waals surface area contributed by atoms with Crippen molar-refractivity contribution in [1.82, 2.24) is 20.2 Å². The van der Waals surface area contributed by atoms with Crippen molar-refractivity contribution in [2.75, 3.05) is 38.5 Å². The molecule has 3 rings (SSSR count). The van der Waals surface area contributed by atoms with Crippen LogP contribution in [-0.2, 0) is 4.79 Å². The van der Waals surface area contributed by atoms with Crippen LogP contribution in [0.4, 0.5) is 5.82 Å². The van der Waals surface area contributed by atoms with Gasteiger partial charge in [-0.1, -0.05) is 12.1 Å². The minimum atomic E-state index is -0.250. The van der Waals surface area contributed by atoms with Crippen molar-refractivity contribution in [3.8, 4) is 11.4 Å². The Kier molecular flexibility index (Phi) is 9.69. The monoisotopic (exact) mass is 415 g/mol. The normalized spacial score (nSPS) is 16.1. The maximum Gasteiger partial charge on any atom is 0.290 e. The molecule has 1 unspecified atom stereocenters. The smallest absolute Gasteiger partial charge is 0.290 e. The number of likely N-dealkylation sites (tertiary alicyclic amines) is 1. The summed E-state index contributed by atoms with van der Waals surface area (Å²) in [5.74, 6) is 1.30. The van der Waals surface area contributed by atoms with Crippen molar-refractivity contribution in [3.63, 3.8) is 0 Å². The van der Waals surface area contributed by atoms with Gasteiger partial charge in [0.2, 0.25) is 0 Å². The number of aliphatic hydroxyl groups is 1. The van der Waals surface area contributed by atoms with Crippen LogP contribution in [0.3, 0.4) is 0 Å². The maximum absolute atomic E-state index is 12.3. The average Bonchev–Trinajstić information content (AvgIpc) is 2.77. The molecule has 1 saturated heterocycles. The summed E-state index contributed by atoms with van der Waals surface area (Å²) in [6, 6.07) is 9.11. The fourth-order valence-electron chi connectivity index (χ4n) is 3.25.